The van der Waals surface area contributed by atoms with Crippen molar-refractivity contribution < 1.29 is 4.79 Å². The standard InChI is InChI=1S/C29H23Cl3N2O/c30-23-11-4-19(5-12-23)8-17-27(35)34-29(21-9-15-25(32)16-10-21)26-3-1-2-22(28(26)33-34)18-20-6-13-24(31)14-7-20/h4-18,26,29H,1-3H2/b17-8+,22-18+/t26-,29+/m1/s1. The molecule has 0 bridgehead atoms. The zero-order valence-electron chi connectivity index (χ0n) is 18.9. The lowest BCUT2D eigenvalue weighted by atomic mass is 9.77. The lowest BCUT2D eigenvalue weighted by Gasteiger charge is -2.29. The molecule has 1 saturated carbocycles. The van der Waals surface area contributed by atoms with Gasteiger partial charge in [-0.3, -0.25) is 4.79 Å². The van der Waals surface area contributed by atoms with Crippen molar-refractivity contribution in [2.24, 2.45) is 11.0 Å². The van der Waals surface area contributed by atoms with Crippen molar-refractivity contribution in [2.75, 3.05) is 0 Å². The molecule has 1 aliphatic heterocycles. The Morgan fingerprint density at radius 1 is 0.829 bits per heavy atom. The van der Waals surface area contributed by atoms with Crippen molar-refractivity contribution in [1.29, 1.82) is 0 Å². The molecule has 0 saturated heterocycles. The summed E-state index contributed by atoms with van der Waals surface area (Å²) in [5.41, 5.74) is 5.15. The molecule has 3 nitrogen and oxygen atoms in total. The fourth-order valence-corrected chi connectivity index (χ4v) is 5.13. The number of benzene rings is 3. The largest absolute Gasteiger partial charge is 0.268 e. The second-order valence-electron chi connectivity index (χ2n) is 8.77. The summed E-state index contributed by atoms with van der Waals surface area (Å²) < 4.78 is 0. The molecule has 0 unspecified atom stereocenters. The van der Waals surface area contributed by atoms with E-state index in [-0.39, 0.29) is 17.9 Å². The first-order valence-electron chi connectivity index (χ1n) is 11.6. The number of hydrogen-bond donors (Lipinski definition) is 0. The van der Waals surface area contributed by atoms with Crippen molar-refractivity contribution in [1.82, 2.24) is 5.01 Å². The van der Waals surface area contributed by atoms with Crippen molar-refractivity contribution in [3.8, 4) is 0 Å². The Hall–Kier alpha value is -2.85. The third kappa shape index (κ3) is 5.38. The maximum Gasteiger partial charge on any atom is 0.267 e. The van der Waals surface area contributed by atoms with Gasteiger partial charge in [-0.25, -0.2) is 5.01 Å². The van der Waals surface area contributed by atoms with Gasteiger partial charge >= 0.3 is 0 Å². The van der Waals surface area contributed by atoms with Gasteiger partial charge in [-0.15, -0.1) is 0 Å². The minimum atomic E-state index is -0.182. The van der Waals surface area contributed by atoms with Crippen LogP contribution in [0.3, 0.4) is 0 Å². The zero-order valence-corrected chi connectivity index (χ0v) is 21.1. The molecule has 1 heterocycles. The van der Waals surface area contributed by atoms with Gasteiger partial charge in [0.2, 0.25) is 0 Å². The van der Waals surface area contributed by atoms with Crippen LogP contribution in [0, 0.1) is 5.92 Å². The highest BCUT2D eigenvalue weighted by Gasteiger charge is 2.43. The van der Waals surface area contributed by atoms with E-state index in [0.717, 1.165) is 41.7 Å². The van der Waals surface area contributed by atoms with Gasteiger partial charge in [-0.2, -0.15) is 5.10 Å². The Morgan fingerprint density at radius 3 is 2.03 bits per heavy atom. The fourth-order valence-electron chi connectivity index (χ4n) is 4.75. The van der Waals surface area contributed by atoms with E-state index in [1.54, 1.807) is 29.3 Å². The number of carbonyl (C=O) groups excluding carboxylic acids is 1. The lowest BCUT2D eigenvalue weighted by molar-refractivity contribution is -0.128. The molecule has 1 aliphatic carbocycles. The van der Waals surface area contributed by atoms with Gasteiger partial charge in [0.15, 0.2) is 0 Å². The van der Waals surface area contributed by atoms with Crippen LogP contribution in [-0.2, 0) is 4.79 Å². The molecule has 0 radical (unpaired) electrons. The van der Waals surface area contributed by atoms with Crippen molar-refractivity contribution >= 4 is 58.6 Å². The number of nitrogens with zero attached hydrogens (tertiary/aromatic N) is 2. The van der Waals surface area contributed by atoms with E-state index in [9.17, 15) is 4.79 Å². The summed E-state index contributed by atoms with van der Waals surface area (Å²) in [6.07, 6.45) is 8.47. The van der Waals surface area contributed by atoms with E-state index in [0.29, 0.717) is 15.1 Å². The molecule has 1 fully saturated rings. The molecular weight excluding hydrogens is 499 g/mol. The summed E-state index contributed by atoms with van der Waals surface area (Å²) in [4.78, 5) is 13.4. The van der Waals surface area contributed by atoms with E-state index in [4.69, 9.17) is 39.9 Å². The Labute approximate surface area is 220 Å². The van der Waals surface area contributed by atoms with Crippen LogP contribution < -0.4 is 0 Å². The molecule has 176 valence electrons. The summed E-state index contributed by atoms with van der Waals surface area (Å²) in [5, 5.41) is 8.58. The molecule has 0 spiro atoms. The van der Waals surface area contributed by atoms with Crippen molar-refractivity contribution in [2.45, 2.75) is 25.3 Å². The summed E-state index contributed by atoms with van der Waals surface area (Å²) in [6.45, 7) is 0. The van der Waals surface area contributed by atoms with Crippen LogP contribution in [0.25, 0.3) is 12.2 Å². The number of rotatable bonds is 4. The SMILES string of the molecule is O=C(/C=C/c1ccc(Cl)cc1)N1N=C2/C(=C/c3ccc(Cl)cc3)CCC[C@H]2[C@@H]1c1ccc(Cl)cc1. The molecule has 0 N–H and O–H groups in total. The van der Waals surface area contributed by atoms with E-state index >= 15 is 0 Å². The maximum atomic E-state index is 13.4. The average Bonchev–Trinajstić information content (AvgIpc) is 3.26. The van der Waals surface area contributed by atoms with Crippen LogP contribution in [0.2, 0.25) is 15.1 Å². The number of hydrazone groups is 1. The van der Waals surface area contributed by atoms with Gasteiger partial charge in [0.25, 0.3) is 5.91 Å². The summed E-state index contributed by atoms with van der Waals surface area (Å²) in [6, 6.07) is 22.7. The molecule has 3 aromatic rings. The van der Waals surface area contributed by atoms with Gasteiger partial charge in [0, 0.05) is 27.1 Å². The fraction of sp³-hybridized carbons (Fsp3) is 0.172. The van der Waals surface area contributed by atoms with Gasteiger partial charge in [-0.05, 0) is 90.1 Å². The summed E-state index contributed by atoms with van der Waals surface area (Å²) in [5.74, 6) is -0.0380. The Morgan fingerprint density at radius 2 is 1.40 bits per heavy atom. The molecule has 5 rings (SSSR count). The van der Waals surface area contributed by atoms with Gasteiger partial charge < -0.3 is 0 Å². The van der Waals surface area contributed by atoms with E-state index in [1.807, 2.05) is 60.7 Å². The monoisotopic (exact) mass is 520 g/mol. The number of allylic oxidation sites excluding steroid dienone is 1. The Bertz CT molecular complexity index is 1310. The number of fused-ring (bicyclic) bond motifs is 1. The first-order chi connectivity index (χ1) is 17.0. The van der Waals surface area contributed by atoms with Crippen LogP contribution in [0.5, 0.6) is 0 Å². The van der Waals surface area contributed by atoms with Crippen LogP contribution in [0.1, 0.15) is 42.0 Å². The first-order valence-corrected chi connectivity index (χ1v) is 12.7. The highest BCUT2D eigenvalue weighted by molar-refractivity contribution is 6.31. The van der Waals surface area contributed by atoms with Gasteiger partial charge in [0.1, 0.15) is 0 Å². The van der Waals surface area contributed by atoms with Crippen LogP contribution in [-0.4, -0.2) is 16.6 Å². The van der Waals surface area contributed by atoms with Crippen molar-refractivity contribution in [3.05, 3.63) is 116 Å². The van der Waals surface area contributed by atoms with Crippen LogP contribution in [0.15, 0.2) is 89.5 Å². The zero-order chi connectivity index (χ0) is 24.4. The third-order valence-electron chi connectivity index (χ3n) is 6.44. The molecule has 35 heavy (non-hydrogen) atoms. The Balaban J connectivity index is 1.50. The molecule has 2 aliphatic rings. The summed E-state index contributed by atoms with van der Waals surface area (Å²) in [7, 11) is 0. The van der Waals surface area contributed by atoms with Gasteiger partial charge in [0.05, 0.1) is 11.8 Å². The van der Waals surface area contributed by atoms with Crippen LogP contribution >= 0.6 is 34.8 Å². The molecule has 1 amide bonds. The molecule has 0 aromatic heterocycles. The molecule has 3 aromatic carbocycles. The normalized spacial score (nSPS) is 20.8. The van der Waals surface area contributed by atoms with E-state index in [2.05, 4.69) is 6.08 Å². The average molecular weight is 522 g/mol. The molecular formula is C29H23Cl3N2O. The Kier molecular flexibility index (Phi) is 7.10. The minimum absolute atomic E-state index is 0.122. The van der Waals surface area contributed by atoms with E-state index in [1.165, 1.54) is 5.57 Å². The maximum absolute atomic E-state index is 13.4. The first kappa shape index (κ1) is 23.9. The second-order valence-corrected chi connectivity index (χ2v) is 10.1. The molecule has 2 atom stereocenters. The molecule has 6 heteroatoms. The number of amides is 1. The number of hydrogen-bond acceptors (Lipinski definition) is 2. The third-order valence-corrected chi connectivity index (χ3v) is 7.19. The topological polar surface area (TPSA) is 32.7 Å². The predicted molar refractivity (Wildman–Crippen MR) is 146 cm³/mol. The summed E-state index contributed by atoms with van der Waals surface area (Å²) >= 11 is 18.2. The highest BCUT2D eigenvalue weighted by Crippen LogP contribution is 2.44. The van der Waals surface area contributed by atoms with Gasteiger partial charge in [-0.1, -0.05) is 71.2 Å². The number of carbonyl (C=O) groups is 1. The van der Waals surface area contributed by atoms with Crippen LogP contribution in [0.4, 0.5) is 0 Å². The smallest absolute Gasteiger partial charge is 0.267 e. The lowest BCUT2D eigenvalue weighted by Crippen LogP contribution is -2.30. The van der Waals surface area contributed by atoms with Crippen molar-refractivity contribution in [3.63, 3.8) is 0 Å². The second kappa shape index (κ2) is 10.4. The highest BCUT2D eigenvalue weighted by atomic mass is 35.5. The predicted octanol–water partition coefficient (Wildman–Crippen LogP) is 8.48. The quantitative estimate of drug-likeness (QED) is 0.317. The minimum Gasteiger partial charge on any atom is -0.268 e. The van der Waals surface area contributed by atoms with E-state index < -0.39 is 0 Å². The number of halogens is 3.